The van der Waals surface area contributed by atoms with Crippen LogP contribution in [0.4, 0.5) is 0 Å². The lowest BCUT2D eigenvalue weighted by atomic mass is 9.88. The summed E-state index contributed by atoms with van der Waals surface area (Å²) < 4.78 is 0. The van der Waals surface area contributed by atoms with Crippen molar-refractivity contribution in [3.63, 3.8) is 0 Å². The van der Waals surface area contributed by atoms with Gasteiger partial charge >= 0.3 is 0 Å². The second-order valence-corrected chi connectivity index (χ2v) is 11.1. The Morgan fingerprint density at radius 1 is 1.00 bits per heavy atom. The van der Waals surface area contributed by atoms with Crippen LogP contribution in [0.5, 0.6) is 0 Å². The largest absolute Gasteiger partial charge is 0.336 e. The number of nitrogens with one attached hydrogen (secondary N) is 1. The summed E-state index contributed by atoms with van der Waals surface area (Å²) in [6.45, 7) is 0. The van der Waals surface area contributed by atoms with E-state index in [-0.39, 0.29) is 11.5 Å². The zero-order chi connectivity index (χ0) is 22.6. The first-order valence-corrected chi connectivity index (χ1v) is 14.1. The quantitative estimate of drug-likeness (QED) is 0.334. The lowest BCUT2D eigenvalue weighted by molar-refractivity contribution is -0.135. The van der Waals surface area contributed by atoms with E-state index in [2.05, 4.69) is 9.88 Å². The number of carbonyl (C=O) groups excluding carboxylic acids is 1. The number of thioether (sulfide) groups is 1. The smallest absolute Gasteiger partial charge is 0.260 e. The van der Waals surface area contributed by atoms with Crippen molar-refractivity contribution in [2.75, 3.05) is 5.75 Å². The molecule has 5 nitrogen and oxygen atoms in total. The zero-order valence-electron chi connectivity index (χ0n) is 18.9. The first kappa shape index (κ1) is 22.7. The van der Waals surface area contributed by atoms with Gasteiger partial charge in [-0.3, -0.25) is 9.59 Å². The van der Waals surface area contributed by atoms with Crippen molar-refractivity contribution in [3.05, 3.63) is 46.1 Å². The number of nitrogens with zero attached hydrogens (tertiary/aromatic N) is 2. The number of aromatic nitrogens is 2. The summed E-state index contributed by atoms with van der Waals surface area (Å²) in [6, 6.07) is 10.7. The minimum Gasteiger partial charge on any atom is -0.336 e. The van der Waals surface area contributed by atoms with Gasteiger partial charge in [-0.2, -0.15) is 0 Å². The molecule has 0 aliphatic heterocycles. The molecule has 1 aromatic carbocycles. The molecule has 7 heteroatoms. The van der Waals surface area contributed by atoms with Crippen molar-refractivity contribution >= 4 is 39.2 Å². The Kier molecular flexibility index (Phi) is 7.16. The van der Waals surface area contributed by atoms with E-state index in [1.807, 2.05) is 35.7 Å². The zero-order valence-corrected chi connectivity index (χ0v) is 20.6. The Morgan fingerprint density at radius 2 is 1.64 bits per heavy atom. The summed E-state index contributed by atoms with van der Waals surface area (Å²) in [5.74, 6) is 0.538. The molecule has 0 spiro atoms. The lowest BCUT2D eigenvalue weighted by Gasteiger charge is -2.41. The molecule has 2 aliphatic carbocycles. The summed E-state index contributed by atoms with van der Waals surface area (Å²) in [5, 5.41) is 3.16. The minimum absolute atomic E-state index is 0.133. The predicted molar refractivity (Wildman–Crippen MR) is 137 cm³/mol. The van der Waals surface area contributed by atoms with Crippen LogP contribution in [0.15, 0.2) is 45.7 Å². The van der Waals surface area contributed by atoms with E-state index in [1.165, 1.54) is 61.6 Å². The first-order chi connectivity index (χ1) is 16.2. The number of hydrogen-bond donors (Lipinski definition) is 1. The van der Waals surface area contributed by atoms with Gasteiger partial charge in [-0.25, -0.2) is 4.98 Å². The van der Waals surface area contributed by atoms with E-state index in [0.717, 1.165) is 41.6 Å². The van der Waals surface area contributed by atoms with Crippen molar-refractivity contribution in [1.82, 2.24) is 14.9 Å². The highest BCUT2D eigenvalue weighted by Crippen LogP contribution is 2.33. The number of fused-ring (bicyclic) bond motifs is 1. The molecule has 0 radical (unpaired) electrons. The molecule has 0 saturated heterocycles. The fraction of sp³-hybridized carbons (Fsp3) is 0.500. The van der Waals surface area contributed by atoms with E-state index in [9.17, 15) is 9.59 Å². The Bertz CT molecular complexity index is 1130. The van der Waals surface area contributed by atoms with Gasteiger partial charge in [-0.05, 0) is 31.2 Å². The van der Waals surface area contributed by atoms with Crippen LogP contribution >= 0.6 is 23.1 Å². The molecule has 3 aromatic rings. The highest BCUT2D eigenvalue weighted by Gasteiger charge is 2.32. The average molecular weight is 482 g/mol. The fourth-order valence-electron chi connectivity index (χ4n) is 5.46. The average Bonchev–Trinajstić information content (AvgIpc) is 3.30. The molecule has 2 aliphatic rings. The molecule has 33 heavy (non-hydrogen) atoms. The van der Waals surface area contributed by atoms with E-state index >= 15 is 0 Å². The Hall–Kier alpha value is -2.12. The van der Waals surface area contributed by atoms with Crippen LogP contribution in [0.2, 0.25) is 0 Å². The van der Waals surface area contributed by atoms with Crippen LogP contribution in [-0.2, 0) is 4.79 Å². The molecule has 174 valence electrons. The maximum Gasteiger partial charge on any atom is 0.260 e. The summed E-state index contributed by atoms with van der Waals surface area (Å²) in [7, 11) is 0. The molecular weight excluding hydrogens is 450 g/mol. The fourth-order valence-corrected chi connectivity index (χ4v) is 7.19. The van der Waals surface area contributed by atoms with Gasteiger partial charge in [0.05, 0.1) is 11.1 Å². The van der Waals surface area contributed by atoms with Crippen LogP contribution in [0.1, 0.15) is 64.2 Å². The third-order valence-electron chi connectivity index (χ3n) is 7.06. The highest BCUT2D eigenvalue weighted by atomic mass is 32.2. The Morgan fingerprint density at radius 3 is 2.27 bits per heavy atom. The molecule has 0 bridgehead atoms. The molecule has 0 atom stereocenters. The van der Waals surface area contributed by atoms with Crippen molar-refractivity contribution in [2.24, 2.45) is 0 Å². The number of benzene rings is 1. The number of thiophene rings is 1. The van der Waals surface area contributed by atoms with Gasteiger partial charge in [0.15, 0.2) is 5.16 Å². The second kappa shape index (κ2) is 10.4. The minimum atomic E-state index is -0.133. The third kappa shape index (κ3) is 5.04. The molecule has 2 fully saturated rings. The SMILES string of the molecule is O=C(CSc1nc2scc(-c3ccccc3)c2c(=O)[nH]1)N(C1CCCCC1)C1CCCCC1. The summed E-state index contributed by atoms with van der Waals surface area (Å²) in [4.78, 5) is 37.0. The van der Waals surface area contributed by atoms with Crippen LogP contribution in [0, 0.1) is 0 Å². The van der Waals surface area contributed by atoms with Gasteiger partial charge in [0.2, 0.25) is 5.91 Å². The first-order valence-electron chi connectivity index (χ1n) is 12.2. The monoisotopic (exact) mass is 481 g/mol. The molecule has 1 N–H and O–H groups in total. The normalized spacial score (nSPS) is 17.9. The predicted octanol–water partition coefficient (Wildman–Crippen LogP) is 6.24. The Labute approximate surface area is 203 Å². The van der Waals surface area contributed by atoms with Gasteiger partial charge in [0, 0.05) is 23.0 Å². The number of rotatable bonds is 6. The maximum absolute atomic E-state index is 13.4. The van der Waals surface area contributed by atoms with Crippen molar-refractivity contribution in [1.29, 1.82) is 0 Å². The van der Waals surface area contributed by atoms with Crippen molar-refractivity contribution in [3.8, 4) is 11.1 Å². The topological polar surface area (TPSA) is 66.1 Å². The number of hydrogen-bond acceptors (Lipinski definition) is 5. The van der Waals surface area contributed by atoms with E-state index < -0.39 is 0 Å². The maximum atomic E-state index is 13.4. The third-order valence-corrected chi connectivity index (χ3v) is 8.79. The van der Waals surface area contributed by atoms with Crippen LogP contribution < -0.4 is 5.56 Å². The number of carbonyl (C=O) groups is 1. The molecular formula is C26H31N3O2S2. The second-order valence-electron chi connectivity index (χ2n) is 9.24. The van der Waals surface area contributed by atoms with E-state index in [4.69, 9.17) is 4.98 Å². The molecule has 2 heterocycles. The van der Waals surface area contributed by atoms with E-state index in [1.54, 1.807) is 0 Å². The highest BCUT2D eigenvalue weighted by molar-refractivity contribution is 7.99. The van der Waals surface area contributed by atoms with Crippen molar-refractivity contribution in [2.45, 2.75) is 81.4 Å². The molecule has 0 unspecified atom stereocenters. The molecule has 2 aromatic heterocycles. The van der Waals surface area contributed by atoms with Crippen LogP contribution in [0.3, 0.4) is 0 Å². The number of amides is 1. The van der Waals surface area contributed by atoms with Gasteiger partial charge in [-0.1, -0.05) is 80.6 Å². The number of H-pyrrole nitrogens is 1. The van der Waals surface area contributed by atoms with Gasteiger partial charge in [-0.15, -0.1) is 11.3 Å². The lowest BCUT2D eigenvalue weighted by Crippen LogP contribution is -2.49. The van der Waals surface area contributed by atoms with Gasteiger partial charge in [0.25, 0.3) is 5.56 Å². The van der Waals surface area contributed by atoms with Crippen molar-refractivity contribution < 1.29 is 4.79 Å². The molecule has 5 rings (SSSR count). The van der Waals surface area contributed by atoms with Gasteiger partial charge < -0.3 is 9.88 Å². The number of aromatic amines is 1. The van der Waals surface area contributed by atoms with Gasteiger partial charge in [0.1, 0.15) is 4.83 Å². The molecule has 1 amide bonds. The standard InChI is InChI=1S/C26H31N3O2S2/c30-22(29(19-12-6-2-7-13-19)20-14-8-3-9-15-20)17-33-26-27-24(31)23-21(16-32-25(23)28-26)18-10-4-1-5-11-18/h1,4-5,10-11,16,19-20H,2-3,6-9,12-15,17H2,(H,27,28,31). The molecule has 2 saturated carbocycles. The summed E-state index contributed by atoms with van der Waals surface area (Å²) in [6.07, 6.45) is 12.0. The van der Waals surface area contributed by atoms with E-state index in [0.29, 0.717) is 28.4 Å². The summed E-state index contributed by atoms with van der Waals surface area (Å²) in [5.41, 5.74) is 1.80. The summed E-state index contributed by atoms with van der Waals surface area (Å²) >= 11 is 2.85. The van der Waals surface area contributed by atoms with Crippen LogP contribution in [-0.4, -0.2) is 38.6 Å². The van der Waals surface area contributed by atoms with Crippen LogP contribution in [0.25, 0.3) is 21.3 Å². The Balaban J connectivity index is 1.33.